The van der Waals surface area contributed by atoms with Gasteiger partial charge >= 0.3 is 0 Å². The van der Waals surface area contributed by atoms with Crippen LogP contribution >= 0.6 is 46.0 Å². The minimum Gasteiger partial charge on any atom is -0.356 e. The van der Waals surface area contributed by atoms with Gasteiger partial charge < -0.3 is 9.80 Å². The number of thiocarbonyl (C=S) groups is 2. The average Bonchev–Trinajstić information content (AvgIpc) is 2.93. The smallest absolute Gasteiger partial charge is 0.147 e. The molecule has 0 aromatic heterocycles. The van der Waals surface area contributed by atoms with Crippen molar-refractivity contribution in [2.75, 3.05) is 26.2 Å². The maximum Gasteiger partial charge on any atom is 0.147 e. The highest BCUT2D eigenvalue weighted by atomic mass is 33.1. The number of rotatable bonds is 8. The van der Waals surface area contributed by atoms with Crippen LogP contribution in [0.1, 0.15) is 128 Å². The summed E-state index contributed by atoms with van der Waals surface area (Å²) < 4.78 is 2.21. The molecule has 0 heterocycles. The molecule has 4 aliphatic carbocycles. The second-order valence-electron chi connectivity index (χ2n) is 12.5. The first-order valence-electron chi connectivity index (χ1n) is 15.6. The molecule has 4 aliphatic rings. The van der Waals surface area contributed by atoms with Gasteiger partial charge in [0.05, 0.1) is 0 Å². The van der Waals surface area contributed by atoms with Gasteiger partial charge in [0.2, 0.25) is 0 Å². The maximum atomic E-state index is 6.13. The SMILES string of the molecule is S=C(SSC(=S)N(CC1CCCCC1)CC1CCCCC1)N(CC1CCCCC1)CC1CCCCC1. The zero-order valence-electron chi connectivity index (χ0n) is 22.8. The van der Waals surface area contributed by atoms with Crippen LogP contribution in [0.3, 0.4) is 0 Å². The third kappa shape index (κ3) is 10.2. The summed E-state index contributed by atoms with van der Waals surface area (Å²) in [7, 11) is 3.63. The predicted molar refractivity (Wildman–Crippen MR) is 170 cm³/mol. The fraction of sp³-hybridized carbons (Fsp3) is 0.933. The molecular weight excluding hydrogens is 517 g/mol. The van der Waals surface area contributed by atoms with Crippen molar-refractivity contribution in [1.29, 1.82) is 0 Å². The van der Waals surface area contributed by atoms with Gasteiger partial charge in [-0.15, -0.1) is 0 Å². The molecule has 6 heteroatoms. The zero-order valence-corrected chi connectivity index (χ0v) is 26.1. The van der Waals surface area contributed by atoms with Crippen molar-refractivity contribution >= 4 is 54.7 Å². The van der Waals surface area contributed by atoms with Crippen LogP contribution in [0, 0.1) is 23.7 Å². The van der Waals surface area contributed by atoms with Crippen LogP contribution < -0.4 is 0 Å². The zero-order chi connectivity index (χ0) is 25.0. The molecule has 0 spiro atoms. The molecule has 0 N–H and O–H groups in total. The van der Waals surface area contributed by atoms with Crippen LogP contribution in [0.2, 0.25) is 0 Å². The molecule has 2 nitrogen and oxygen atoms in total. The summed E-state index contributed by atoms with van der Waals surface area (Å²) in [5.41, 5.74) is 0. The number of hydrogen-bond acceptors (Lipinski definition) is 4. The summed E-state index contributed by atoms with van der Waals surface area (Å²) in [5.74, 6) is 3.36. The lowest BCUT2D eigenvalue weighted by atomic mass is 9.87. The van der Waals surface area contributed by atoms with Crippen molar-refractivity contribution in [3.8, 4) is 0 Å². The number of hydrogen-bond donors (Lipinski definition) is 0. The van der Waals surface area contributed by atoms with Gasteiger partial charge in [-0.05, 0) is 96.6 Å². The van der Waals surface area contributed by atoms with Crippen LogP contribution in [0.5, 0.6) is 0 Å². The fourth-order valence-corrected chi connectivity index (χ4v) is 9.97. The van der Waals surface area contributed by atoms with Crippen LogP contribution in [0.15, 0.2) is 0 Å². The summed E-state index contributed by atoms with van der Waals surface area (Å²) in [4.78, 5) is 5.24. The quantitative estimate of drug-likeness (QED) is 0.211. The van der Waals surface area contributed by atoms with E-state index in [1.807, 2.05) is 21.6 Å². The van der Waals surface area contributed by atoms with E-state index in [2.05, 4.69) is 9.80 Å². The highest BCUT2D eigenvalue weighted by Crippen LogP contribution is 2.35. The predicted octanol–water partition coefficient (Wildman–Crippen LogP) is 9.86. The summed E-state index contributed by atoms with van der Waals surface area (Å²) in [6.07, 6.45) is 28.2. The molecule has 4 rings (SSSR count). The molecule has 36 heavy (non-hydrogen) atoms. The Labute approximate surface area is 241 Å². The first-order valence-corrected chi connectivity index (χ1v) is 18.6. The summed E-state index contributed by atoms with van der Waals surface area (Å²) >= 11 is 12.3. The molecule has 0 aliphatic heterocycles. The summed E-state index contributed by atoms with van der Waals surface area (Å²) in [5, 5.41) is 0. The normalized spacial score (nSPS) is 23.4. The van der Waals surface area contributed by atoms with Crippen LogP contribution in [0.25, 0.3) is 0 Å². The van der Waals surface area contributed by atoms with Gasteiger partial charge in [-0.25, -0.2) is 0 Å². The van der Waals surface area contributed by atoms with Gasteiger partial charge in [0.15, 0.2) is 0 Å². The van der Waals surface area contributed by atoms with E-state index >= 15 is 0 Å². The molecule has 0 saturated heterocycles. The van der Waals surface area contributed by atoms with Crippen molar-refractivity contribution in [3.63, 3.8) is 0 Å². The minimum absolute atomic E-state index is 0.840. The Hall–Kier alpha value is 0.480. The van der Waals surface area contributed by atoms with Crippen LogP contribution in [-0.2, 0) is 0 Å². The van der Waals surface area contributed by atoms with E-state index in [0.29, 0.717) is 0 Å². The van der Waals surface area contributed by atoms with Crippen molar-refractivity contribution in [2.24, 2.45) is 23.7 Å². The largest absolute Gasteiger partial charge is 0.356 e. The van der Waals surface area contributed by atoms with E-state index in [0.717, 1.165) is 32.3 Å². The van der Waals surface area contributed by atoms with Gasteiger partial charge in [0, 0.05) is 26.2 Å². The van der Waals surface area contributed by atoms with Gasteiger partial charge in [-0.3, -0.25) is 0 Å². The van der Waals surface area contributed by atoms with Gasteiger partial charge in [-0.2, -0.15) is 0 Å². The van der Waals surface area contributed by atoms with Crippen molar-refractivity contribution < 1.29 is 0 Å². The van der Waals surface area contributed by atoms with E-state index in [1.54, 1.807) is 0 Å². The van der Waals surface area contributed by atoms with Crippen LogP contribution in [-0.4, -0.2) is 44.6 Å². The van der Waals surface area contributed by atoms with Crippen LogP contribution in [0.4, 0.5) is 0 Å². The summed E-state index contributed by atoms with van der Waals surface area (Å²) in [6, 6.07) is 0. The lowest BCUT2D eigenvalue weighted by molar-refractivity contribution is 0.230. The molecule has 0 aromatic carbocycles. The first-order chi connectivity index (χ1) is 17.7. The Morgan fingerprint density at radius 1 is 0.417 bits per heavy atom. The van der Waals surface area contributed by atoms with Gasteiger partial charge in [0.25, 0.3) is 0 Å². The lowest BCUT2D eigenvalue weighted by Crippen LogP contribution is -2.39. The first kappa shape index (κ1) is 29.5. The lowest BCUT2D eigenvalue weighted by Gasteiger charge is -2.36. The van der Waals surface area contributed by atoms with Crippen molar-refractivity contribution in [1.82, 2.24) is 9.80 Å². The molecule has 0 radical (unpaired) electrons. The fourth-order valence-electron chi connectivity index (χ4n) is 7.35. The summed E-state index contributed by atoms with van der Waals surface area (Å²) in [6.45, 7) is 4.74. The Balaban J connectivity index is 1.32. The van der Waals surface area contributed by atoms with Gasteiger partial charge in [-0.1, -0.05) is 101 Å². The molecule has 0 unspecified atom stereocenters. The molecule has 0 bridgehead atoms. The molecule has 4 saturated carbocycles. The third-order valence-corrected chi connectivity index (χ3v) is 13.2. The highest BCUT2D eigenvalue weighted by Gasteiger charge is 2.26. The Morgan fingerprint density at radius 3 is 0.861 bits per heavy atom. The van der Waals surface area contributed by atoms with E-state index in [1.165, 1.54) is 155 Å². The highest BCUT2D eigenvalue weighted by molar-refractivity contribution is 8.89. The second-order valence-corrected chi connectivity index (χ2v) is 15.9. The van der Waals surface area contributed by atoms with Crippen molar-refractivity contribution in [3.05, 3.63) is 0 Å². The van der Waals surface area contributed by atoms with E-state index < -0.39 is 0 Å². The van der Waals surface area contributed by atoms with Crippen molar-refractivity contribution in [2.45, 2.75) is 128 Å². The maximum absolute atomic E-state index is 6.13. The molecule has 0 atom stereocenters. The van der Waals surface area contributed by atoms with E-state index in [9.17, 15) is 0 Å². The monoisotopic (exact) mass is 568 g/mol. The molecule has 206 valence electrons. The standard InChI is InChI=1S/C30H52N2S4/c33-29(31(21-25-13-5-1-6-14-25)22-26-15-7-2-8-16-26)35-36-30(34)32(23-27-17-9-3-10-18-27)24-28-19-11-4-12-20-28/h25-28H,1-24H2. The Kier molecular flexibility index (Phi) is 13.5. The molecule has 0 amide bonds. The third-order valence-electron chi connectivity index (χ3n) is 9.51. The Morgan fingerprint density at radius 2 is 0.639 bits per heavy atom. The Bertz CT molecular complexity index is 551. The molecule has 4 fully saturated rings. The molecular formula is C30H52N2S4. The van der Waals surface area contributed by atoms with E-state index in [4.69, 9.17) is 24.4 Å². The van der Waals surface area contributed by atoms with Gasteiger partial charge in [0.1, 0.15) is 8.64 Å². The topological polar surface area (TPSA) is 6.48 Å². The molecule has 0 aromatic rings. The second kappa shape index (κ2) is 16.6. The van der Waals surface area contributed by atoms with E-state index in [-0.39, 0.29) is 0 Å². The minimum atomic E-state index is 0.840. The average molecular weight is 569 g/mol. The number of nitrogens with zero attached hydrogens (tertiary/aromatic N) is 2.